The molecule has 1 N–H and O–H groups in total. The van der Waals surface area contributed by atoms with Gasteiger partial charge in [-0.15, -0.1) is 0 Å². The van der Waals surface area contributed by atoms with E-state index in [9.17, 15) is 0 Å². The van der Waals surface area contributed by atoms with E-state index in [1.54, 1.807) is 22.8 Å². The summed E-state index contributed by atoms with van der Waals surface area (Å²) in [4.78, 5) is 4.19. The van der Waals surface area contributed by atoms with Crippen LogP contribution in [-0.2, 0) is 7.05 Å². The highest BCUT2D eigenvalue weighted by atomic mass is 32.2. The molecule has 0 saturated carbocycles. The molecule has 0 fully saturated rings. The lowest BCUT2D eigenvalue weighted by Crippen LogP contribution is -2.39. The van der Waals surface area contributed by atoms with E-state index >= 15 is 0 Å². The maximum absolute atomic E-state index is 4.19. The monoisotopic (exact) mass is 228 g/mol. The first kappa shape index (κ1) is 12.5. The Hall–Kier alpha value is -0.550. The first-order valence-corrected chi connectivity index (χ1v) is 6.02. The van der Waals surface area contributed by atoms with Crippen LogP contribution < -0.4 is 5.32 Å². The topological polar surface area (TPSA) is 42.7 Å². The fraction of sp³-hybridized carbons (Fsp3) is 0.800. The molecule has 4 nitrogen and oxygen atoms in total. The quantitative estimate of drug-likeness (QED) is 0.796. The minimum atomic E-state index is 0.175. The highest BCUT2D eigenvalue weighted by molar-refractivity contribution is 7.99. The van der Waals surface area contributed by atoms with Crippen LogP contribution in [0.1, 0.15) is 27.7 Å². The molecule has 86 valence electrons. The second kappa shape index (κ2) is 4.99. The van der Waals surface area contributed by atoms with Gasteiger partial charge in [-0.3, -0.25) is 0 Å². The van der Waals surface area contributed by atoms with Gasteiger partial charge in [0, 0.05) is 24.4 Å². The molecule has 1 aromatic rings. The Morgan fingerprint density at radius 1 is 1.53 bits per heavy atom. The van der Waals surface area contributed by atoms with Gasteiger partial charge in [0.2, 0.25) is 0 Å². The van der Waals surface area contributed by atoms with Crippen molar-refractivity contribution in [1.29, 1.82) is 0 Å². The van der Waals surface area contributed by atoms with Gasteiger partial charge >= 0.3 is 0 Å². The summed E-state index contributed by atoms with van der Waals surface area (Å²) in [6.45, 7) is 9.69. The molecule has 0 aliphatic rings. The number of nitrogens with zero attached hydrogens (tertiary/aromatic N) is 3. The Labute approximate surface area is 95.9 Å². The second-order valence-electron chi connectivity index (χ2n) is 4.73. The Kier molecular flexibility index (Phi) is 4.16. The summed E-state index contributed by atoms with van der Waals surface area (Å²) in [6.07, 6.45) is 1.59. The van der Waals surface area contributed by atoms with Gasteiger partial charge in [0.05, 0.1) is 0 Å². The van der Waals surface area contributed by atoms with Crippen LogP contribution >= 0.6 is 11.8 Å². The molecule has 0 aliphatic carbocycles. The van der Waals surface area contributed by atoms with Crippen molar-refractivity contribution >= 4 is 11.8 Å². The molecule has 0 aromatic carbocycles. The standard InChI is InChI=1S/C10H20N4S/c1-8(6-12-10(2,3)4)15-9-11-7-13-14(9)5/h7-8,12H,6H2,1-5H3. The SMILES string of the molecule is CC(CNC(C)(C)C)Sc1ncnn1C. The highest BCUT2D eigenvalue weighted by Crippen LogP contribution is 2.19. The Morgan fingerprint density at radius 3 is 2.67 bits per heavy atom. The average molecular weight is 228 g/mol. The number of hydrogen-bond donors (Lipinski definition) is 1. The maximum Gasteiger partial charge on any atom is 0.186 e. The molecular formula is C10H20N4S. The fourth-order valence-corrected chi connectivity index (χ4v) is 1.90. The van der Waals surface area contributed by atoms with E-state index in [4.69, 9.17) is 0 Å². The van der Waals surface area contributed by atoms with E-state index < -0.39 is 0 Å². The summed E-state index contributed by atoms with van der Waals surface area (Å²) in [7, 11) is 1.92. The first-order chi connectivity index (χ1) is 6.88. The summed E-state index contributed by atoms with van der Waals surface area (Å²) in [5.74, 6) is 0. The number of aryl methyl sites for hydroxylation is 1. The molecule has 15 heavy (non-hydrogen) atoms. The van der Waals surface area contributed by atoms with E-state index in [0.29, 0.717) is 5.25 Å². The van der Waals surface area contributed by atoms with E-state index in [0.717, 1.165) is 11.7 Å². The minimum Gasteiger partial charge on any atom is -0.311 e. The molecule has 0 radical (unpaired) electrons. The molecule has 0 saturated heterocycles. The van der Waals surface area contributed by atoms with E-state index in [1.165, 1.54) is 0 Å². The largest absolute Gasteiger partial charge is 0.311 e. The zero-order chi connectivity index (χ0) is 11.5. The third-order valence-corrected chi connectivity index (χ3v) is 3.05. The summed E-state index contributed by atoms with van der Waals surface area (Å²) in [5, 5.41) is 8.98. The highest BCUT2D eigenvalue weighted by Gasteiger charge is 2.13. The summed E-state index contributed by atoms with van der Waals surface area (Å²) < 4.78 is 1.80. The zero-order valence-electron chi connectivity index (χ0n) is 10.1. The predicted molar refractivity (Wildman–Crippen MR) is 64.1 cm³/mol. The van der Waals surface area contributed by atoms with Gasteiger partial charge in [0.15, 0.2) is 5.16 Å². The smallest absolute Gasteiger partial charge is 0.186 e. The molecule has 1 aromatic heterocycles. The first-order valence-electron chi connectivity index (χ1n) is 5.14. The Balaban J connectivity index is 2.37. The summed E-state index contributed by atoms with van der Waals surface area (Å²) in [5.41, 5.74) is 0.175. The van der Waals surface area contributed by atoms with Gasteiger partial charge in [-0.05, 0) is 20.8 Å². The van der Waals surface area contributed by atoms with Gasteiger partial charge < -0.3 is 5.32 Å². The lowest BCUT2D eigenvalue weighted by atomic mass is 10.1. The van der Waals surface area contributed by atoms with Crippen LogP contribution in [0, 0.1) is 0 Å². The van der Waals surface area contributed by atoms with Gasteiger partial charge in [-0.1, -0.05) is 18.7 Å². The van der Waals surface area contributed by atoms with Crippen molar-refractivity contribution in [3.63, 3.8) is 0 Å². The molecule has 1 heterocycles. The van der Waals surface area contributed by atoms with E-state index in [-0.39, 0.29) is 5.54 Å². The van der Waals surface area contributed by atoms with Crippen molar-refractivity contribution in [2.45, 2.75) is 43.6 Å². The third kappa shape index (κ3) is 4.66. The fourth-order valence-electron chi connectivity index (χ4n) is 1.06. The van der Waals surface area contributed by atoms with Gasteiger partial charge in [-0.25, -0.2) is 9.67 Å². The Bertz CT molecular complexity index is 303. The molecule has 0 bridgehead atoms. The average Bonchev–Trinajstić information content (AvgIpc) is 2.47. The molecule has 1 unspecified atom stereocenters. The predicted octanol–water partition coefficient (Wildman–Crippen LogP) is 1.68. The van der Waals surface area contributed by atoms with Crippen molar-refractivity contribution in [3.05, 3.63) is 6.33 Å². The lowest BCUT2D eigenvalue weighted by Gasteiger charge is -2.22. The van der Waals surface area contributed by atoms with Crippen LogP contribution in [-0.4, -0.2) is 32.1 Å². The molecule has 0 spiro atoms. The van der Waals surface area contributed by atoms with Crippen LogP contribution in [0.15, 0.2) is 11.5 Å². The van der Waals surface area contributed by atoms with Crippen molar-refractivity contribution in [3.8, 4) is 0 Å². The van der Waals surface area contributed by atoms with Crippen LogP contribution in [0.25, 0.3) is 0 Å². The number of nitrogens with one attached hydrogen (secondary N) is 1. The minimum absolute atomic E-state index is 0.175. The van der Waals surface area contributed by atoms with Crippen molar-refractivity contribution in [2.75, 3.05) is 6.54 Å². The van der Waals surface area contributed by atoms with Gasteiger partial charge in [-0.2, -0.15) is 5.10 Å². The molecule has 0 amide bonds. The summed E-state index contributed by atoms with van der Waals surface area (Å²) >= 11 is 1.74. The van der Waals surface area contributed by atoms with Gasteiger partial charge in [0.1, 0.15) is 6.33 Å². The molecule has 0 aliphatic heterocycles. The Morgan fingerprint density at radius 2 is 2.20 bits per heavy atom. The number of rotatable bonds is 4. The third-order valence-electron chi connectivity index (χ3n) is 1.90. The molecule has 1 rings (SSSR count). The van der Waals surface area contributed by atoms with Gasteiger partial charge in [0.25, 0.3) is 0 Å². The normalized spacial score (nSPS) is 14.2. The molecule has 5 heteroatoms. The second-order valence-corrected chi connectivity index (χ2v) is 6.13. The van der Waals surface area contributed by atoms with E-state index in [2.05, 4.69) is 43.1 Å². The summed E-state index contributed by atoms with van der Waals surface area (Å²) in [6, 6.07) is 0. The molecular weight excluding hydrogens is 208 g/mol. The van der Waals surface area contributed by atoms with E-state index in [1.807, 2.05) is 7.05 Å². The van der Waals surface area contributed by atoms with Crippen molar-refractivity contribution in [2.24, 2.45) is 7.05 Å². The van der Waals surface area contributed by atoms with Crippen LogP contribution in [0.4, 0.5) is 0 Å². The number of hydrogen-bond acceptors (Lipinski definition) is 4. The maximum atomic E-state index is 4.19. The van der Waals surface area contributed by atoms with Crippen LogP contribution in [0.3, 0.4) is 0 Å². The van der Waals surface area contributed by atoms with Crippen molar-refractivity contribution < 1.29 is 0 Å². The van der Waals surface area contributed by atoms with Crippen LogP contribution in [0.5, 0.6) is 0 Å². The number of thioether (sulfide) groups is 1. The van der Waals surface area contributed by atoms with Crippen LogP contribution in [0.2, 0.25) is 0 Å². The number of aromatic nitrogens is 3. The van der Waals surface area contributed by atoms with Crippen molar-refractivity contribution in [1.82, 2.24) is 20.1 Å². The molecule has 1 atom stereocenters. The lowest BCUT2D eigenvalue weighted by molar-refractivity contribution is 0.429. The zero-order valence-corrected chi connectivity index (χ0v) is 10.9.